The van der Waals surface area contributed by atoms with Crippen molar-refractivity contribution in [1.82, 2.24) is 30.0 Å². The molecule has 25 nitrogen and oxygen atoms in total. The number of carbonyl (C=O) groups is 2. The van der Waals surface area contributed by atoms with E-state index in [-0.39, 0.29) is 43.0 Å². The van der Waals surface area contributed by atoms with Crippen LogP contribution >= 0.6 is 0 Å². The fourth-order valence-electron chi connectivity index (χ4n) is 12.1. The van der Waals surface area contributed by atoms with Crippen molar-refractivity contribution in [3.63, 3.8) is 0 Å². The van der Waals surface area contributed by atoms with E-state index in [1.807, 2.05) is 31.2 Å². The van der Waals surface area contributed by atoms with Crippen molar-refractivity contribution < 1.29 is 97.8 Å². The Kier molecular flexibility index (Phi) is 19.9. The van der Waals surface area contributed by atoms with E-state index < -0.39 is 153 Å². The summed E-state index contributed by atoms with van der Waals surface area (Å²) in [6.07, 6.45) is -19.6. The molecule has 5 aromatic rings. The van der Waals surface area contributed by atoms with Crippen LogP contribution in [0.4, 0.5) is 4.39 Å². The molecule has 5 heterocycles. The first-order chi connectivity index (χ1) is 40.5. The molecule has 456 valence electrons. The standard InChI is InChI=1S/C58H73FN6O19/c1-29-11-9-16-34(19-29)38-25-65(63-61-38)44-46(69)42(26-66)81-56(48(44)71)77-28-32-20-39(64-24-37(60-62-64)35-17-10-18-36(59)23-35)51(84-57-50(73)49(72)45(68)30(2)78-57)40(22-32)80-58-53(83-55(76)33-14-7-4-8-15-33)52(47(70)43(27-67)82-58)79-41(54(74)75)21-31-12-5-3-6-13-31/h4,7-11,14-19,23-25,30-32,39-53,56-58,66-73H,3,5-6,12-13,20-22,26-28H2,1-2H3,(H,74,75)/t30?,32?,39?,40-,41+,42?,43+,44?,45-,46-,47+,48?,49+,50?,51-,52?,53?,56+,57+,58-/m1/s1. The molecule has 3 saturated heterocycles. The van der Waals surface area contributed by atoms with Crippen LogP contribution < -0.4 is 0 Å². The quantitative estimate of drug-likeness (QED) is 0.0503. The highest BCUT2D eigenvalue weighted by Crippen LogP contribution is 2.43. The number of esters is 1. The number of halogens is 1. The maximum Gasteiger partial charge on any atom is 0.338 e. The van der Waals surface area contributed by atoms with Crippen molar-refractivity contribution in [3.05, 3.63) is 108 Å². The molecule has 0 bridgehead atoms. The van der Waals surface area contributed by atoms with E-state index in [0.717, 1.165) is 43.2 Å². The molecule has 5 aliphatic rings. The second-order valence-corrected chi connectivity index (χ2v) is 22.6. The highest BCUT2D eigenvalue weighted by atomic mass is 19.1. The lowest BCUT2D eigenvalue weighted by Crippen LogP contribution is -2.64. The Bertz CT molecular complexity index is 2960. The number of rotatable bonds is 20. The van der Waals surface area contributed by atoms with E-state index in [2.05, 4.69) is 20.6 Å². The largest absolute Gasteiger partial charge is 0.479 e. The molecule has 0 spiro atoms. The van der Waals surface area contributed by atoms with Crippen LogP contribution in [-0.2, 0) is 42.7 Å². The number of hydrogen-bond donors (Lipinski definition) is 9. The van der Waals surface area contributed by atoms with Gasteiger partial charge in [-0.15, -0.1) is 10.2 Å². The Labute approximate surface area is 482 Å². The van der Waals surface area contributed by atoms with Gasteiger partial charge in [-0.25, -0.2) is 23.3 Å². The molecule has 9 unspecified atom stereocenters. The van der Waals surface area contributed by atoms with Crippen LogP contribution in [0.5, 0.6) is 0 Å². The number of aliphatic hydroxyl groups is 8. The smallest absolute Gasteiger partial charge is 0.338 e. The Hall–Kier alpha value is -5.79. The summed E-state index contributed by atoms with van der Waals surface area (Å²) in [6, 6.07) is 18.6. The average Bonchev–Trinajstić information content (AvgIpc) is 4.08. The van der Waals surface area contributed by atoms with Crippen LogP contribution in [0, 0.1) is 24.6 Å². The van der Waals surface area contributed by atoms with Gasteiger partial charge in [-0.2, -0.15) is 0 Å². The molecule has 2 aromatic heterocycles. The maximum absolute atomic E-state index is 14.7. The number of benzene rings is 3. The molecule has 20 atom stereocenters. The zero-order chi connectivity index (χ0) is 59.3. The van der Waals surface area contributed by atoms with E-state index in [4.69, 9.17) is 37.9 Å². The first kappa shape index (κ1) is 61.3. The number of nitrogens with zero attached hydrogens (tertiary/aromatic N) is 6. The van der Waals surface area contributed by atoms with Gasteiger partial charge in [0.1, 0.15) is 84.3 Å². The molecule has 10 rings (SSSR count). The lowest BCUT2D eigenvalue weighted by Gasteiger charge is -2.49. The van der Waals surface area contributed by atoms with Gasteiger partial charge in [0.05, 0.1) is 56.0 Å². The van der Waals surface area contributed by atoms with E-state index in [0.29, 0.717) is 11.3 Å². The molecule has 5 fully saturated rings. The highest BCUT2D eigenvalue weighted by Gasteiger charge is 2.55. The van der Waals surface area contributed by atoms with Gasteiger partial charge in [-0.05, 0) is 75.3 Å². The molecule has 9 N–H and O–H groups in total. The molecule has 26 heteroatoms. The summed E-state index contributed by atoms with van der Waals surface area (Å²) >= 11 is 0. The monoisotopic (exact) mass is 1180 g/mol. The van der Waals surface area contributed by atoms with E-state index in [1.54, 1.807) is 30.5 Å². The number of carboxylic acid groups (broad SMARTS) is 1. The van der Waals surface area contributed by atoms with Gasteiger partial charge < -0.3 is 83.9 Å². The zero-order valence-corrected chi connectivity index (χ0v) is 46.2. The number of aromatic nitrogens is 6. The minimum Gasteiger partial charge on any atom is -0.479 e. The predicted octanol–water partition coefficient (Wildman–Crippen LogP) is 2.01. The van der Waals surface area contributed by atoms with Crippen LogP contribution in [0.15, 0.2) is 91.3 Å². The first-order valence-electron chi connectivity index (χ1n) is 28.5. The number of aryl methyl sites for hydroxylation is 1. The van der Waals surface area contributed by atoms with Crippen molar-refractivity contribution >= 4 is 11.9 Å². The molecule has 2 aliphatic carbocycles. The van der Waals surface area contributed by atoms with Crippen LogP contribution in [0.1, 0.15) is 86.3 Å². The Morgan fingerprint density at radius 1 is 0.679 bits per heavy atom. The van der Waals surface area contributed by atoms with Crippen molar-refractivity contribution in [2.45, 2.75) is 182 Å². The van der Waals surface area contributed by atoms with Gasteiger partial charge in [0, 0.05) is 11.1 Å². The van der Waals surface area contributed by atoms with Gasteiger partial charge in [0.25, 0.3) is 0 Å². The third-order valence-corrected chi connectivity index (χ3v) is 16.7. The summed E-state index contributed by atoms with van der Waals surface area (Å²) in [4.78, 5) is 27.3. The van der Waals surface area contributed by atoms with Crippen molar-refractivity contribution in [1.29, 1.82) is 0 Å². The van der Waals surface area contributed by atoms with E-state index >= 15 is 0 Å². The summed E-state index contributed by atoms with van der Waals surface area (Å²) in [5.74, 6) is -3.60. The molecule has 0 radical (unpaired) electrons. The Morgan fingerprint density at radius 2 is 1.35 bits per heavy atom. The zero-order valence-electron chi connectivity index (χ0n) is 46.2. The fraction of sp³-hybridized carbons (Fsp3) is 0.586. The number of carboxylic acids is 1. The molecular weight excluding hydrogens is 1100 g/mol. The predicted molar refractivity (Wildman–Crippen MR) is 287 cm³/mol. The minimum atomic E-state index is -1.86. The van der Waals surface area contributed by atoms with Crippen LogP contribution in [0.2, 0.25) is 0 Å². The number of hydrogen-bond acceptors (Lipinski definition) is 22. The van der Waals surface area contributed by atoms with E-state index in [1.165, 1.54) is 52.8 Å². The molecule has 3 aliphatic heterocycles. The third kappa shape index (κ3) is 13.7. The third-order valence-electron chi connectivity index (χ3n) is 16.7. The Balaban J connectivity index is 1.02. The lowest BCUT2D eigenvalue weighted by atomic mass is 9.81. The van der Waals surface area contributed by atoms with E-state index in [9.17, 15) is 59.9 Å². The molecular formula is C58H73FN6O19. The SMILES string of the molecule is Cc1cccc(-c2cn(C3C(O)[C@@H](OCC4CC(n5cc(-c6cccc(F)c6)nn5)[C@@H](O[C@@H]5OC(C)[C@@H](O)[C@H](O)C5O)[C@H](O[C@@H]5O[C@@H](CO)[C@H](O)C(O[C@@H](CC6CCCCC6)C(=O)O)C5OC(=O)c5ccccc5)C4)OC(CO)[C@H]3O)nn2)c1. The summed E-state index contributed by atoms with van der Waals surface area (Å²) < 4.78 is 68.3. The fourth-order valence-corrected chi connectivity index (χ4v) is 12.1. The van der Waals surface area contributed by atoms with Crippen molar-refractivity contribution in [2.75, 3.05) is 19.8 Å². The van der Waals surface area contributed by atoms with Gasteiger partial charge in [-0.3, -0.25) is 0 Å². The molecule has 3 aromatic carbocycles. The topological polar surface area (TPSA) is 351 Å². The first-order valence-corrected chi connectivity index (χ1v) is 28.5. The normalized spacial score (nSPS) is 34.4. The average molecular weight is 1180 g/mol. The van der Waals surface area contributed by atoms with Gasteiger partial charge >= 0.3 is 11.9 Å². The van der Waals surface area contributed by atoms with Gasteiger partial charge in [-0.1, -0.05) is 96.6 Å². The molecule has 84 heavy (non-hydrogen) atoms. The second kappa shape index (κ2) is 27.3. The number of ether oxygens (including phenoxy) is 8. The minimum absolute atomic E-state index is 0.0321. The number of aliphatic carboxylic acids is 1. The summed E-state index contributed by atoms with van der Waals surface area (Å²) in [7, 11) is 0. The summed E-state index contributed by atoms with van der Waals surface area (Å²) in [5, 5.41) is 118. The van der Waals surface area contributed by atoms with Crippen LogP contribution in [0.25, 0.3) is 22.5 Å². The van der Waals surface area contributed by atoms with Crippen LogP contribution in [-0.4, -0.2) is 212 Å². The number of carbonyl (C=O) groups excluding carboxylic acids is 1. The van der Waals surface area contributed by atoms with Crippen molar-refractivity contribution in [2.24, 2.45) is 11.8 Å². The highest BCUT2D eigenvalue weighted by molar-refractivity contribution is 5.89. The van der Waals surface area contributed by atoms with Crippen LogP contribution in [0.3, 0.4) is 0 Å². The van der Waals surface area contributed by atoms with Gasteiger partial charge in [0.2, 0.25) is 0 Å². The maximum atomic E-state index is 14.7. The van der Waals surface area contributed by atoms with Gasteiger partial charge in [0.15, 0.2) is 31.1 Å². The van der Waals surface area contributed by atoms with Crippen molar-refractivity contribution in [3.8, 4) is 22.5 Å². The summed E-state index contributed by atoms with van der Waals surface area (Å²) in [6.45, 7) is 1.54. The molecule has 0 amide bonds. The second-order valence-electron chi connectivity index (χ2n) is 22.6. The number of aliphatic hydroxyl groups excluding tert-OH is 8. The Morgan fingerprint density at radius 3 is 2.04 bits per heavy atom. The summed E-state index contributed by atoms with van der Waals surface area (Å²) in [5.41, 5.74) is 2.74. The molecule has 2 saturated carbocycles. The lowest BCUT2D eigenvalue weighted by molar-refractivity contribution is -0.350.